The van der Waals surface area contributed by atoms with Crippen LogP contribution in [0, 0.1) is 0 Å². The van der Waals surface area contributed by atoms with E-state index in [4.69, 9.17) is 10.5 Å². The molecule has 3 rings (SSSR count). The average Bonchev–Trinajstić information content (AvgIpc) is 3.30. The first-order valence-corrected chi connectivity index (χ1v) is 7.58. The second-order valence-electron chi connectivity index (χ2n) is 5.77. The van der Waals surface area contributed by atoms with Crippen LogP contribution in [-0.2, 0) is 11.3 Å². The lowest BCUT2D eigenvalue weighted by atomic mass is 10.2. The molecule has 0 amide bonds. The fourth-order valence-electron chi connectivity index (χ4n) is 2.38. The summed E-state index contributed by atoms with van der Waals surface area (Å²) in [6.07, 6.45) is 4.54. The highest BCUT2D eigenvalue weighted by Gasteiger charge is 2.21. The van der Waals surface area contributed by atoms with Crippen LogP contribution in [0.1, 0.15) is 25.3 Å². The van der Waals surface area contributed by atoms with Crippen LogP contribution in [0.15, 0.2) is 23.3 Å². The fourth-order valence-corrected chi connectivity index (χ4v) is 2.38. The zero-order valence-electron chi connectivity index (χ0n) is 12.9. The number of aliphatic imine (C=N–C) groups is 1. The number of aromatic nitrogens is 1. The van der Waals surface area contributed by atoms with Crippen molar-refractivity contribution in [1.29, 1.82) is 0 Å². The van der Waals surface area contributed by atoms with Gasteiger partial charge in [0, 0.05) is 25.3 Å². The summed E-state index contributed by atoms with van der Waals surface area (Å²) in [4.78, 5) is 11.1. The van der Waals surface area contributed by atoms with Crippen LogP contribution in [0.2, 0.25) is 0 Å². The lowest BCUT2D eigenvalue weighted by Gasteiger charge is -2.32. The number of guanidine groups is 1. The molecule has 2 heterocycles. The van der Waals surface area contributed by atoms with Crippen molar-refractivity contribution in [3.63, 3.8) is 0 Å². The SMILES string of the molecule is CC1CN(c2ccc(CN=C(N)NC3CC3)cn2)CCO1.I. The Balaban J connectivity index is 0.00000176. The zero-order chi connectivity index (χ0) is 14.7. The van der Waals surface area contributed by atoms with Gasteiger partial charge in [-0.2, -0.15) is 0 Å². The van der Waals surface area contributed by atoms with E-state index in [9.17, 15) is 0 Å². The van der Waals surface area contributed by atoms with Gasteiger partial charge in [-0.05, 0) is 31.4 Å². The van der Waals surface area contributed by atoms with Gasteiger partial charge in [0.25, 0.3) is 0 Å². The maximum atomic E-state index is 5.82. The number of pyridine rings is 1. The third-order valence-corrected chi connectivity index (χ3v) is 3.74. The molecule has 6 nitrogen and oxygen atoms in total. The van der Waals surface area contributed by atoms with Crippen molar-refractivity contribution in [3.05, 3.63) is 23.9 Å². The summed E-state index contributed by atoms with van der Waals surface area (Å²) in [6.45, 7) is 5.21. The van der Waals surface area contributed by atoms with E-state index in [0.29, 0.717) is 18.5 Å². The summed E-state index contributed by atoms with van der Waals surface area (Å²) in [6, 6.07) is 4.65. The van der Waals surface area contributed by atoms with Crippen LogP contribution in [0.5, 0.6) is 0 Å². The van der Waals surface area contributed by atoms with Gasteiger partial charge in [-0.25, -0.2) is 9.98 Å². The maximum Gasteiger partial charge on any atom is 0.189 e. The third-order valence-electron chi connectivity index (χ3n) is 3.74. The quantitative estimate of drug-likeness (QED) is 0.441. The number of anilines is 1. The monoisotopic (exact) mass is 417 g/mol. The van der Waals surface area contributed by atoms with Gasteiger partial charge in [0.2, 0.25) is 0 Å². The second-order valence-corrected chi connectivity index (χ2v) is 5.77. The number of hydrogen-bond acceptors (Lipinski definition) is 4. The molecule has 22 heavy (non-hydrogen) atoms. The number of ether oxygens (including phenoxy) is 1. The van der Waals surface area contributed by atoms with Crippen molar-refractivity contribution in [3.8, 4) is 0 Å². The summed E-state index contributed by atoms with van der Waals surface area (Å²) >= 11 is 0. The standard InChI is InChI=1S/C15H23N5O.HI/c1-11-10-20(6-7-21-11)14-5-2-12(8-17-14)9-18-15(16)19-13-3-4-13;/h2,5,8,11,13H,3-4,6-7,9-10H2,1H3,(H3,16,18,19);1H. The Morgan fingerprint density at radius 1 is 1.50 bits per heavy atom. The number of hydrogen-bond donors (Lipinski definition) is 2. The van der Waals surface area contributed by atoms with Crippen LogP contribution in [0.3, 0.4) is 0 Å². The number of rotatable bonds is 4. The van der Waals surface area contributed by atoms with Gasteiger partial charge in [-0.3, -0.25) is 0 Å². The summed E-state index contributed by atoms with van der Waals surface area (Å²) in [5, 5.41) is 3.18. The van der Waals surface area contributed by atoms with Crippen LogP contribution in [0.4, 0.5) is 5.82 Å². The van der Waals surface area contributed by atoms with E-state index in [1.807, 2.05) is 12.3 Å². The Kier molecular flexibility index (Phi) is 6.25. The number of nitrogens with two attached hydrogens (primary N) is 1. The molecule has 1 aliphatic heterocycles. The van der Waals surface area contributed by atoms with E-state index >= 15 is 0 Å². The van der Waals surface area contributed by atoms with Crippen molar-refractivity contribution < 1.29 is 4.74 Å². The van der Waals surface area contributed by atoms with E-state index < -0.39 is 0 Å². The van der Waals surface area contributed by atoms with E-state index in [0.717, 1.165) is 31.1 Å². The molecule has 122 valence electrons. The van der Waals surface area contributed by atoms with Crippen molar-refractivity contribution >= 4 is 35.8 Å². The van der Waals surface area contributed by atoms with Gasteiger partial charge in [0.05, 0.1) is 19.3 Å². The lowest BCUT2D eigenvalue weighted by molar-refractivity contribution is 0.0529. The molecule has 1 aromatic rings. The molecule has 3 N–H and O–H groups in total. The Bertz CT molecular complexity index is 503. The van der Waals surface area contributed by atoms with Crippen molar-refractivity contribution in [1.82, 2.24) is 10.3 Å². The Morgan fingerprint density at radius 2 is 2.32 bits per heavy atom. The maximum absolute atomic E-state index is 5.82. The Morgan fingerprint density at radius 3 is 2.95 bits per heavy atom. The highest BCUT2D eigenvalue weighted by Crippen LogP contribution is 2.18. The van der Waals surface area contributed by atoms with Gasteiger partial charge in [0.1, 0.15) is 5.82 Å². The molecule has 0 radical (unpaired) electrons. The number of nitrogens with zero attached hydrogens (tertiary/aromatic N) is 3. The van der Waals surface area contributed by atoms with E-state index in [1.165, 1.54) is 12.8 Å². The minimum Gasteiger partial charge on any atom is -0.375 e. The molecule has 0 spiro atoms. The van der Waals surface area contributed by atoms with Crippen LogP contribution < -0.4 is 16.0 Å². The first-order chi connectivity index (χ1) is 10.2. The van der Waals surface area contributed by atoms with Gasteiger partial charge >= 0.3 is 0 Å². The molecule has 1 aromatic heterocycles. The summed E-state index contributed by atoms with van der Waals surface area (Å²) in [5.41, 5.74) is 6.89. The molecule has 1 unspecified atom stereocenters. The third kappa shape index (κ3) is 4.98. The Hall–Kier alpha value is -1.09. The van der Waals surface area contributed by atoms with E-state index in [1.54, 1.807) is 0 Å². The van der Waals surface area contributed by atoms with Gasteiger partial charge in [-0.15, -0.1) is 24.0 Å². The predicted molar refractivity (Wildman–Crippen MR) is 98.8 cm³/mol. The second kappa shape index (κ2) is 7.96. The molecular formula is C15H24IN5O. The van der Waals surface area contributed by atoms with Crippen LogP contribution >= 0.6 is 24.0 Å². The van der Waals surface area contributed by atoms with Crippen molar-refractivity contribution in [2.75, 3.05) is 24.6 Å². The largest absolute Gasteiger partial charge is 0.375 e. The van der Waals surface area contributed by atoms with Crippen molar-refractivity contribution in [2.24, 2.45) is 10.7 Å². The molecule has 0 aromatic carbocycles. The fraction of sp³-hybridized carbons (Fsp3) is 0.600. The molecule has 0 bridgehead atoms. The highest BCUT2D eigenvalue weighted by molar-refractivity contribution is 14.0. The topological polar surface area (TPSA) is 75.8 Å². The van der Waals surface area contributed by atoms with Gasteiger partial charge < -0.3 is 20.7 Å². The summed E-state index contributed by atoms with van der Waals surface area (Å²) < 4.78 is 5.55. The normalized spacial score (nSPS) is 22.1. The number of nitrogens with one attached hydrogen (secondary N) is 1. The molecule has 1 atom stereocenters. The van der Waals surface area contributed by atoms with Gasteiger partial charge in [-0.1, -0.05) is 6.07 Å². The number of halogens is 1. The lowest BCUT2D eigenvalue weighted by Crippen LogP contribution is -2.41. The average molecular weight is 417 g/mol. The molecular weight excluding hydrogens is 393 g/mol. The van der Waals surface area contributed by atoms with E-state index in [-0.39, 0.29) is 30.1 Å². The summed E-state index contributed by atoms with van der Waals surface area (Å²) in [5.74, 6) is 1.53. The zero-order valence-corrected chi connectivity index (χ0v) is 15.2. The molecule has 1 aliphatic carbocycles. The molecule has 1 saturated heterocycles. The van der Waals surface area contributed by atoms with Crippen molar-refractivity contribution in [2.45, 2.75) is 38.5 Å². The molecule has 2 aliphatic rings. The van der Waals surface area contributed by atoms with Crippen LogP contribution in [-0.4, -0.2) is 42.8 Å². The Labute approximate surface area is 148 Å². The minimum atomic E-state index is 0. The molecule has 2 fully saturated rings. The first-order valence-electron chi connectivity index (χ1n) is 7.58. The smallest absolute Gasteiger partial charge is 0.189 e. The minimum absolute atomic E-state index is 0. The molecule has 7 heteroatoms. The van der Waals surface area contributed by atoms with E-state index in [2.05, 4.69) is 33.2 Å². The number of morpholine rings is 1. The summed E-state index contributed by atoms with van der Waals surface area (Å²) in [7, 11) is 0. The molecule has 1 saturated carbocycles. The van der Waals surface area contributed by atoms with Crippen LogP contribution in [0.25, 0.3) is 0 Å². The van der Waals surface area contributed by atoms with Gasteiger partial charge in [0.15, 0.2) is 5.96 Å². The first kappa shape index (κ1) is 17.3. The highest BCUT2D eigenvalue weighted by atomic mass is 127. The predicted octanol–water partition coefficient (Wildman–Crippen LogP) is 1.49.